The van der Waals surface area contributed by atoms with Gasteiger partial charge in [-0.3, -0.25) is 9.59 Å². The van der Waals surface area contributed by atoms with Crippen molar-refractivity contribution in [2.24, 2.45) is 0 Å². The summed E-state index contributed by atoms with van der Waals surface area (Å²) in [5.74, 6) is -0.0599. The molecule has 1 atom stereocenters. The Kier molecular flexibility index (Phi) is 4.29. The number of carbonyl (C=O) groups excluding carboxylic acids is 2. The van der Waals surface area contributed by atoms with Crippen LogP contribution in [0.25, 0.3) is 0 Å². The van der Waals surface area contributed by atoms with Gasteiger partial charge >= 0.3 is 0 Å². The fourth-order valence-electron chi connectivity index (χ4n) is 4.60. The monoisotopic (exact) mass is 415 g/mol. The van der Waals surface area contributed by atoms with E-state index in [0.29, 0.717) is 43.2 Å². The van der Waals surface area contributed by atoms with E-state index < -0.39 is 5.66 Å². The van der Waals surface area contributed by atoms with E-state index in [1.54, 1.807) is 35.4 Å². The van der Waals surface area contributed by atoms with Gasteiger partial charge in [-0.05, 0) is 31.0 Å². The number of likely N-dealkylation sites (tertiary alicyclic amines) is 1. The first-order valence-corrected chi connectivity index (χ1v) is 10.1. The lowest BCUT2D eigenvalue weighted by Crippen LogP contribution is -2.59. The second-order valence-corrected chi connectivity index (χ2v) is 8.55. The minimum absolute atomic E-state index is 0.0838. The summed E-state index contributed by atoms with van der Waals surface area (Å²) in [6.45, 7) is 1.98. The Hall–Kier alpha value is -2.58. The Morgan fingerprint density at radius 2 is 2.10 bits per heavy atom. The smallest absolute Gasteiger partial charge is 0.255 e. The van der Waals surface area contributed by atoms with Gasteiger partial charge < -0.3 is 24.8 Å². The maximum atomic E-state index is 12.6. The van der Waals surface area contributed by atoms with Gasteiger partial charge in [0, 0.05) is 42.6 Å². The lowest BCUT2D eigenvalue weighted by molar-refractivity contribution is -0.136. The zero-order valence-corrected chi connectivity index (χ0v) is 16.6. The van der Waals surface area contributed by atoms with Crippen LogP contribution in [0, 0.1) is 0 Å². The number of fused-ring (bicyclic) bond motifs is 1. The highest BCUT2D eigenvalue weighted by atomic mass is 35.5. The fraction of sp³-hybridized carbons (Fsp3) is 0.450. The number of nitrogens with one attached hydrogen (secondary N) is 2. The van der Waals surface area contributed by atoms with Crippen molar-refractivity contribution in [1.82, 2.24) is 19.8 Å². The summed E-state index contributed by atoms with van der Waals surface area (Å²) >= 11 is 6.02. The SMILES string of the molecule is O=C1NC2(COC3(CCN(C(=O)Cn4ccnc4)CC3)C2)Nc2ccc(Cl)cc21. The zero-order valence-electron chi connectivity index (χ0n) is 15.9. The van der Waals surface area contributed by atoms with Gasteiger partial charge in [0.15, 0.2) is 0 Å². The first-order valence-electron chi connectivity index (χ1n) is 9.74. The van der Waals surface area contributed by atoms with Crippen molar-refractivity contribution < 1.29 is 14.3 Å². The molecular formula is C20H22ClN5O3. The maximum Gasteiger partial charge on any atom is 0.255 e. The molecule has 29 heavy (non-hydrogen) atoms. The fourth-order valence-corrected chi connectivity index (χ4v) is 4.77. The van der Waals surface area contributed by atoms with E-state index in [4.69, 9.17) is 16.3 Å². The highest BCUT2D eigenvalue weighted by Gasteiger charge is 2.53. The van der Waals surface area contributed by atoms with Crippen LogP contribution in [-0.2, 0) is 16.1 Å². The minimum atomic E-state index is -0.624. The van der Waals surface area contributed by atoms with Crippen LogP contribution in [0.5, 0.6) is 0 Å². The van der Waals surface area contributed by atoms with E-state index in [1.807, 2.05) is 11.0 Å². The molecule has 4 heterocycles. The molecule has 2 spiro atoms. The topological polar surface area (TPSA) is 88.5 Å². The Bertz CT molecular complexity index is 955. The van der Waals surface area contributed by atoms with Gasteiger partial charge in [0.05, 0.1) is 24.1 Å². The van der Waals surface area contributed by atoms with Crippen LogP contribution in [-0.4, -0.2) is 57.2 Å². The summed E-state index contributed by atoms with van der Waals surface area (Å²) in [5.41, 5.74) is 0.354. The lowest BCUT2D eigenvalue weighted by atomic mass is 9.84. The molecule has 0 aliphatic carbocycles. The molecule has 2 fully saturated rings. The number of amides is 2. The van der Waals surface area contributed by atoms with Crippen molar-refractivity contribution in [3.8, 4) is 0 Å². The van der Waals surface area contributed by atoms with Gasteiger partial charge in [0.25, 0.3) is 5.91 Å². The number of rotatable bonds is 2. The van der Waals surface area contributed by atoms with Crippen molar-refractivity contribution in [3.63, 3.8) is 0 Å². The van der Waals surface area contributed by atoms with Crippen LogP contribution >= 0.6 is 11.6 Å². The third-order valence-electron chi connectivity index (χ3n) is 6.11. The number of imidazole rings is 1. The molecule has 9 heteroatoms. The van der Waals surface area contributed by atoms with E-state index in [-0.39, 0.29) is 17.4 Å². The number of carbonyl (C=O) groups is 2. The van der Waals surface area contributed by atoms with Gasteiger partial charge in [-0.1, -0.05) is 11.6 Å². The Morgan fingerprint density at radius 1 is 1.28 bits per heavy atom. The summed E-state index contributed by atoms with van der Waals surface area (Å²) < 4.78 is 8.02. The summed E-state index contributed by atoms with van der Waals surface area (Å²) in [7, 11) is 0. The number of nitrogens with zero attached hydrogens (tertiary/aromatic N) is 3. The maximum absolute atomic E-state index is 12.6. The molecule has 5 rings (SSSR count). The quantitative estimate of drug-likeness (QED) is 0.781. The molecule has 1 aromatic carbocycles. The number of piperidine rings is 1. The van der Waals surface area contributed by atoms with Gasteiger partial charge in [-0.2, -0.15) is 0 Å². The molecule has 1 aromatic heterocycles. The van der Waals surface area contributed by atoms with Crippen molar-refractivity contribution in [2.45, 2.75) is 37.1 Å². The molecule has 0 radical (unpaired) electrons. The molecule has 1 unspecified atom stereocenters. The van der Waals surface area contributed by atoms with E-state index in [1.165, 1.54) is 0 Å². The molecule has 8 nitrogen and oxygen atoms in total. The van der Waals surface area contributed by atoms with Crippen LogP contribution in [0.15, 0.2) is 36.9 Å². The average Bonchev–Trinajstić information content (AvgIpc) is 3.32. The highest BCUT2D eigenvalue weighted by molar-refractivity contribution is 6.31. The molecule has 3 aliphatic rings. The van der Waals surface area contributed by atoms with Crippen LogP contribution in [0.1, 0.15) is 29.6 Å². The van der Waals surface area contributed by atoms with E-state index >= 15 is 0 Å². The first-order chi connectivity index (χ1) is 14.0. The molecule has 2 saturated heterocycles. The Balaban J connectivity index is 1.25. The summed E-state index contributed by atoms with van der Waals surface area (Å²) in [6, 6.07) is 5.28. The van der Waals surface area contributed by atoms with Crippen molar-refractivity contribution >= 4 is 29.1 Å². The third-order valence-corrected chi connectivity index (χ3v) is 6.34. The van der Waals surface area contributed by atoms with Crippen molar-refractivity contribution in [3.05, 3.63) is 47.5 Å². The normalized spacial score (nSPS) is 25.0. The number of aromatic nitrogens is 2. The standard InChI is InChI=1S/C20H22ClN5O3/c21-14-1-2-16-15(9-14)18(28)24-20(23-16)11-19(29-12-20)3-6-26(7-4-19)17(27)10-25-8-5-22-13-25/h1-2,5,8-9,13,23H,3-4,6-7,10-12H2,(H,24,28). The molecule has 2 aromatic rings. The van der Waals surface area contributed by atoms with Crippen molar-refractivity contribution in [1.29, 1.82) is 0 Å². The third kappa shape index (κ3) is 3.36. The summed E-state index contributed by atoms with van der Waals surface area (Å²) in [6.07, 6.45) is 7.26. The second-order valence-electron chi connectivity index (χ2n) is 8.12. The second kappa shape index (κ2) is 6.74. The predicted molar refractivity (Wildman–Crippen MR) is 107 cm³/mol. The largest absolute Gasteiger partial charge is 0.370 e. The molecule has 3 aliphatic heterocycles. The van der Waals surface area contributed by atoms with Gasteiger partial charge in [0.1, 0.15) is 12.2 Å². The number of anilines is 1. The predicted octanol–water partition coefficient (Wildman–Crippen LogP) is 1.87. The lowest BCUT2D eigenvalue weighted by Gasteiger charge is -2.41. The number of hydrogen-bond donors (Lipinski definition) is 2. The molecule has 152 valence electrons. The minimum Gasteiger partial charge on any atom is -0.370 e. The van der Waals surface area contributed by atoms with E-state index in [0.717, 1.165) is 18.5 Å². The summed E-state index contributed by atoms with van der Waals surface area (Å²) in [4.78, 5) is 31.0. The van der Waals surface area contributed by atoms with Crippen molar-refractivity contribution in [2.75, 3.05) is 25.0 Å². The number of halogens is 1. The van der Waals surface area contributed by atoms with Crippen LogP contribution in [0.2, 0.25) is 5.02 Å². The first kappa shape index (κ1) is 18.4. The number of hydrogen-bond acceptors (Lipinski definition) is 5. The highest BCUT2D eigenvalue weighted by Crippen LogP contribution is 2.43. The van der Waals surface area contributed by atoms with E-state index in [9.17, 15) is 9.59 Å². The number of benzene rings is 1. The molecule has 2 amide bonds. The summed E-state index contributed by atoms with van der Waals surface area (Å²) in [5, 5.41) is 7.08. The van der Waals surface area contributed by atoms with Crippen LogP contribution in [0.3, 0.4) is 0 Å². The molecular weight excluding hydrogens is 394 g/mol. The Labute approximate surface area is 173 Å². The van der Waals surface area contributed by atoms with Crippen LogP contribution < -0.4 is 10.6 Å². The van der Waals surface area contributed by atoms with Gasteiger partial charge in [-0.25, -0.2) is 4.98 Å². The van der Waals surface area contributed by atoms with E-state index in [2.05, 4.69) is 15.6 Å². The van der Waals surface area contributed by atoms with Crippen LogP contribution in [0.4, 0.5) is 5.69 Å². The molecule has 0 bridgehead atoms. The Morgan fingerprint density at radius 3 is 2.86 bits per heavy atom. The number of ether oxygens (including phenoxy) is 1. The molecule has 0 saturated carbocycles. The average molecular weight is 416 g/mol. The van der Waals surface area contributed by atoms with Gasteiger partial charge in [-0.15, -0.1) is 0 Å². The molecule has 2 N–H and O–H groups in total. The van der Waals surface area contributed by atoms with Gasteiger partial charge in [0.2, 0.25) is 5.91 Å². The zero-order chi connectivity index (χ0) is 20.1.